The van der Waals surface area contributed by atoms with Crippen LogP contribution in [0, 0.1) is 12.8 Å². The second kappa shape index (κ2) is 5.59. The average Bonchev–Trinajstić information content (AvgIpc) is 2.43. The molecule has 1 N–H and O–H groups in total. The van der Waals surface area contributed by atoms with Crippen molar-refractivity contribution in [1.29, 1.82) is 0 Å². The molecule has 1 unspecified atom stereocenters. The monoisotopic (exact) mass is 269 g/mol. The van der Waals surface area contributed by atoms with Gasteiger partial charge in [0.15, 0.2) is 0 Å². The molecule has 0 amide bonds. The van der Waals surface area contributed by atoms with Gasteiger partial charge in [0.05, 0.1) is 18.0 Å². The van der Waals surface area contributed by atoms with E-state index in [2.05, 4.69) is 27.9 Å². The van der Waals surface area contributed by atoms with Crippen LogP contribution in [-0.4, -0.2) is 28.2 Å². The highest BCUT2D eigenvalue weighted by atomic mass is 16.3. The van der Waals surface area contributed by atoms with E-state index >= 15 is 0 Å². The number of anilines is 1. The molecule has 104 valence electrons. The number of aliphatic hydroxyl groups is 1. The van der Waals surface area contributed by atoms with Crippen LogP contribution in [0.5, 0.6) is 0 Å². The fraction of sp³-hybridized carbons (Fsp3) is 0.375. The van der Waals surface area contributed by atoms with Gasteiger partial charge in [-0.3, -0.25) is 9.97 Å². The summed E-state index contributed by atoms with van der Waals surface area (Å²) in [5, 5.41) is 10.2. The number of rotatable bonds is 4. The van der Waals surface area contributed by atoms with Crippen LogP contribution >= 0.6 is 0 Å². The minimum absolute atomic E-state index is 0.411. The van der Waals surface area contributed by atoms with Gasteiger partial charge in [-0.05, 0) is 42.5 Å². The van der Waals surface area contributed by atoms with E-state index in [4.69, 9.17) is 0 Å². The highest BCUT2D eigenvalue weighted by Crippen LogP contribution is 2.30. The van der Waals surface area contributed by atoms with Crippen molar-refractivity contribution < 1.29 is 5.11 Å². The van der Waals surface area contributed by atoms with Gasteiger partial charge < -0.3 is 10.0 Å². The third-order valence-electron chi connectivity index (χ3n) is 3.81. The quantitative estimate of drug-likeness (QED) is 0.925. The molecule has 0 aromatic carbocycles. The summed E-state index contributed by atoms with van der Waals surface area (Å²) in [5.41, 5.74) is 3.27. The first-order valence-electron chi connectivity index (χ1n) is 6.97. The fourth-order valence-electron chi connectivity index (χ4n) is 2.67. The van der Waals surface area contributed by atoms with E-state index in [1.807, 2.05) is 24.5 Å². The van der Waals surface area contributed by atoms with E-state index in [1.54, 1.807) is 12.4 Å². The molecule has 1 aliphatic heterocycles. The topological polar surface area (TPSA) is 49.2 Å². The molecule has 2 aromatic heterocycles. The molecule has 4 nitrogen and oxygen atoms in total. The van der Waals surface area contributed by atoms with Crippen LogP contribution in [0.15, 0.2) is 43.0 Å². The Hall–Kier alpha value is -1.94. The Kier molecular flexibility index (Phi) is 3.65. The molecule has 1 atom stereocenters. The molecule has 0 radical (unpaired) electrons. The van der Waals surface area contributed by atoms with Crippen LogP contribution in [0.3, 0.4) is 0 Å². The molecule has 1 saturated heterocycles. The number of hydrogen-bond donors (Lipinski definition) is 1. The molecule has 2 aromatic rings. The molecule has 0 saturated carbocycles. The summed E-state index contributed by atoms with van der Waals surface area (Å²) in [6.07, 6.45) is 7.62. The van der Waals surface area contributed by atoms with Gasteiger partial charge in [-0.2, -0.15) is 0 Å². The lowest BCUT2D eigenvalue weighted by Gasteiger charge is -2.41. The Labute approximate surface area is 119 Å². The van der Waals surface area contributed by atoms with E-state index in [1.165, 1.54) is 11.3 Å². The van der Waals surface area contributed by atoms with E-state index in [0.29, 0.717) is 5.92 Å². The first-order chi connectivity index (χ1) is 9.72. The van der Waals surface area contributed by atoms with Crippen molar-refractivity contribution in [3.63, 3.8) is 0 Å². The molecule has 20 heavy (non-hydrogen) atoms. The highest BCUT2D eigenvalue weighted by Gasteiger charge is 2.29. The van der Waals surface area contributed by atoms with Gasteiger partial charge in [0.1, 0.15) is 0 Å². The molecule has 3 heterocycles. The molecule has 4 heteroatoms. The van der Waals surface area contributed by atoms with Crippen LogP contribution in [0.2, 0.25) is 0 Å². The van der Waals surface area contributed by atoms with Crippen molar-refractivity contribution >= 4 is 5.69 Å². The summed E-state index contributed by atoms with van der Waals surface area (Å²) in [6.45, 7) is 4.03. The summed E-state index contributed by atoms with van der Waals surface area (Å²) >= 11 is 0. The van der Waals surface area contributed by atoms with Gasteiger partial charge in [-0.25, -0.2) is 0 Å². The summed E-state index contributed by atoms with van der Waals surface area (Å²) in [7, 11) is 0. The van der Waals surface area contributed by atoms with Crippen molar-refractivity contribution in [3.05, 3.63) is 54.1 Å². The number of nitrogens with zero attached hydrogens (tertiary/aromatic N) is 3. The van der Waals surface area contributed by atoms with Gasteiger partial charge >= 0.3 is 0 Å². The molecule has 0 spiro atoms. The van der Waals surface area contributed by atoms with Crippen LogP contribution in [0.1, 0.15) is 23.7 Å². The Morgan fingerprint density at radius 2 is 2.15 bits per heavy atom. The van der Waals surface area contributed by atoms with Gasteiger partial charge in [0, 0.05) is 31.7 Å². The largest absolute Gasteiger partial charge is 0.388 e. The second-order valence-corrected chi connectivity index (χ2v) is 5.53. The predicted molar refractivity (Wildman–Crippen MR) is 78.5 cm³/mol. The Bertz CT molecular complexity index is 567. The minimum Gasteiger partial charge on any atom is -0.388 e. The molecular formula is C16H19N3O. The van der Waals surface area contributed by atoms with Gasteiger partial charge in [0.2, 0.25) is 0 Å². The smallest absolute Gasteiger partial charge is 0.0808 e. The van der Waals surface area contributed by atoms with Gasteiger partial charge in [-0.15, -0.1) is 0 Å². The molecule has 0 bridgehead atoms. The SMILES string of the molecule is Cc1cncc(N2CC(CC(O)c3cccnc3)C2)c1. The lowest BCUT2D eigenvalue weighted by atomic mass is 9.91. The first kappa shape index (κ1) is 13.1. The van der Waals surface area contributed by atoms with Crippen LogP contribution in [0.4, 0.5) is 5.69 Å². The summed E-state index contributed by atoms with van der Waals surface area (Å²) in [6, 6.07) is 5.95. The van der Waals surface area contributed by atoms with Crippen LogP contribution in [-0.2, 0) is 0 Å². The van der Waals surface area contributed by atoms with Crippen molar-refractivity contribution in [2.24, 2.45) is 5.92 Å². The molecule has 0 aliphatic carbocycles. The normalized spacial score (nSPS) is 16.8. The molecule has 3 rings (SSSR count). The maximum absolute atomic E-state index is 10.2. The van der Waals surface area contributed by atoms with Gasteiger partial charge in [0.25, 0.3) is 0 Å². The average molecular weight is 269 g/mol. The lowest BCUT2D eigenvalue weighted by molar-refractivity contribution is 0.134. The second-order valence-electron chi connectivity index (χ2n) is 5.53. The maximum Gasteiger partial charge on any atom is 0.0808 e. The zero-order valence-corrected chi connectivity index (χ0v) is 11.6. The molecular weight excluding hydrogens is 250 g/mol. The zero-order valence-electron chi connectivity index (χ0n) is 11.6. The number of aromatic nitrogens is 2. The van der Waals surface area contributed by atoms with Crippen molar-refractivity contribution in [1.82, 2.24) is 9.97 Å². The Morgan fingerprint density at radius 3 is 2.85 bits per heavy atom. The first-order valence-corrected chi connectivity index (χ1v) is 6.97. The third-order valence-corrected chi connectivity index (χ3v) is 3.81. The van der Waals surface area contributed by atoms with E-state index in [-0.39, 0.29) is 0 Å². The predicted octanol–water partition coefficient (Wildman–Crippen LogP) is 2.34. The van der Waals surface area contributed by atoms with E-state index in [0.717, 1.165) is 25.1 Å². The van der Waals surface area contributed by atoms with Crippen molar-refractivity contribution in [3.8, 4) is 0 Å². The summed E-state index contributed by atoms with van der Waals surface area (Å²) in [4.78, 5) is 10.6. The van der Waals surface area contributed by atoms with Crippen LogP contribution in [0.25, 0.3) is 0 Å². The van der Waals surface area contributed by atoms with E-state index < -0.39 is 6.10 Å². The molecule has 1 aliphatic rings. The standard InChI is InChI=1S/C16H19N3O/c1-12-5-15(9-18-7-12)19-10-13(11-19)6-16(20)14-3-2-4-17-8-14/h2-5,7-9,13,16,20H,6,10-11H2,1H3. The van der Waals surface area contributed by atoms with E-state index in [9.17, 15) is 5.11 Å². The Balaban J connectivity index is 1.54. The number of aliphatic hydroxyl groups excluding tert-OH is 1. The van der Waals surface area contributed by atoms with Gasteiger partial charge in [-0.1, -0.05) is 6.07 Å². The maximum atomic E-state index is 10.2. The highest BCUT2D eigenvalue weighted by molar-refractivity contribution is 5.48. The van der Waals surface area contributed by atoms with Crippen molar-refractivity contribution in [2.45, 2.75) is 19.4 Å². The minimum atomic E-state index is -0.411. The third kappa shape index (κ3) is 2.80. The van der Waals surface area contributed by atoms with Crippen LogP contribution < -0.4 is 4.90 Å². The lowest BCUT2D eigenvalue weighted by Crippen LogP contribution is -2.47. The number of hydrogen-bond acceptors (Lipinski definition) is 4. The Morgan fingerprint density at radius 1 is 1.30 bits per heavy atom. The zero-order chi connectivity index (χ0) is 13.9. The van der Waals surface area contributed by atoms with Crippen molar-refractivity contribution in [2.75, 3.05) is 18.0 Å². The summed E-state index contributed by atoms with van der Waals surface area (Å²) < 4.78 is 0. The number of aryl methyl sites for hydroxylation is 1. The summed E-state index contributed by atoms with van der Waals surface area (Å²) in [5.74, 6) is 0.533. The molecule has 1 fully saturated rings. The number of pyridine rings is 2. The fourth-order valence-corrected chi connectivity index (χ4v) is 2.67.